The largest absolute Gasteiger partial charge is 0.460 e. The third-order valence-electron chi connectivity index (χ3n) is 2.36. The van der Waals surface area contributed by atoms with E-state index >= 15 is 0 Å². The summed E-state index contributed by atoms with van der Waals surface area (Å²) in [5.74, 6) is -20.8. The van der Waals surface area contributed by atoms with E-state index in [1.54, 1.807) is 0 Å². The van der Waals surface area contributed by atoms with Crippen LogP contribution < -0.4 is 0 Å². The Morgan fingerprint density at radius 2 is 1.33 bits per heavy atom. The molecule has 21 heavy (non-hydrogen) atoms. The molecule has 0 aliphatic rings. The van der Waals surface area contributed by atoms with Crippen molar-refractivity contribution in [1.82, 2.24) is 4.90 Å². The molecule has 124 valence electrons. The summed E-state index contributed by atoms with van der Waals surface area (Å²) < 4.78 is 113. The third-order valence-corrected chi connectivity index (χ3v) is 2.36. The van der Waals surface area contributed by atoms with Gasteiger partial charge < -0.3 is 4.90 Å². The Morgan fingerprint density at radius 1 is 0.952 bits per heavy atom. The van der Waals surface area contributed by atoms with E-state index in [9.17, 15) is 44.3 Å². The van der Waals surface area contributed by atoms with Crippen LogP contribution in [0.25, 0.3) is 0 Å². The van der Waals surface area contributed by atoms with Gasteiger partial charge >= 0.3 is 23.9 Å². The van der Waals surface area contributed by atoms with Crippen LogP contribution in [-0.2, 0) is 4.79 Å². The molecular weight excluding hydrogens is 321 g/mol. The average Bonchev–Trinajstić information content (AvgIpc) is 2.24. The molecule has 0 fully saturated rings. The van der Waals surface area contributed by atoms with Crippen molar-refractivity contribution >= 4 is 5.91 Å². The number of amides is 1. The first kappa shape index (κ1) is 19.6. The van der Waals surface area contributed by atoms with Gasteiger partial charge in [0.2, 0.25) is 5.91 Å². The number of carbonyl (C=O) groups is 1. The molecule has 0 aromatic heterocycles. The van der Waals surface area contributed by atoms with Gasteiger partial charge in [0.05, 0.1) is 6.54 Å². The molecule has 0 bridgehead atoms. The highest BCUT2D eigenvalue weighted by molar-refractivity contribution is 5.92. The number of nitrogens with zero attached hydrogens (tertiary/aromatic N) is 1. The number of hydrogen-bond donors (Lipinski definition) is 0. The minimum absolute atomic E-state index is 0.122. The van der Waals surface area contributed by atoms with Crippen LogP contribution in [0.1, 0.15) is 6.92 Å². The summed E-state index contributed by atoms with van der Waals surface area (Å²) in [4.78, 5) is 11.0. The van der Waals surface area contributed by atoms with Crippen LogP contribution >= 0.6 is 0 Å². The van der Waals surface area contributed by atoms with Gasteiger partial charge in [-0.15, -0.1) is 0 Å². The highest BCUT2D eigenvalue weighted by atomic mass is 19.4. The second-order valence-corrected chi connectivity index (χ2v) is 4.29. The molecule has 0 N–H and O–H groups in total. The molecule has 0 saturated heterocycles. The molecule has 0 heterocycles. The molecule has 0 unspecified atom stereocenters. The zero-order valence-electron chi connectivity index (χ0n) is 10.7. The van der Waals surface area contributed by atoms with Gasteiger partial charge in [0.25, 0.3) is 0 Å². The second kappa shape index (κ2) is 5.41. The summed E-state index contributed by atoms with van der Waals surface area (Å²) in [5.41, 5.74) is -0.390. The molecule has 1 amide bonds. The molecular formula is C10H10F9NO. The van der Waals surface area contributed by atoms with Crippen molar-refractivity contribution in [3.8, 4) is 0 Å². The van der Waals surface area contributed by atoms with E-state index in [0.29, 0.717) is 7.05 Å². The lowest BCUT2D eigenvalue weighted by Gasteiger charge is -2.35. The summed E-state index contributed by atoms with van der Waals surface area (Å²) in [5, 5.41) is 0. The number of hydrogen-bond acceptors (Lipinski definition) is 1. The normalized spacial score (nSPS) is 14.0. The van der Waals surface area contributed by atoms with Gasteiger partial charge in [-0.1, -0.05) is 6.58 Å². The number of likely N-dealkylation sites (N-methyl/N-ethyl adjacent to an activating group) is 1. The Bertz CT molecular complexity index is 427. The van der Waals surface area contributed by atoms with Crippen LogP contribution in [0, 0.1) is 0 Å². The first-order chi connectivity index (χ1) is 8.99. The molecule has 0 aromatic carbocycles. The quantitative estimate of drug-likeness (QED) is 0.558. The van der Waals surface area contributed by atoms with E-state index in [2.05, 4.69) is 6.58 Å². The van der Waals surface area contributed by atoms with Gasteiger partial charge in [-0.3, -0.25) is 4.79 Å². The van der Waals surface area contributed by atoms with E-state index in [4.69, 9.17) is 0 Å². The molecule has 0 aliphatic heterocycles. The first-order valence-electron chi connectivity index (χ1n) is 5.10. The Labute approximate surface area is 113 Å². The molecule has 0 aromatic rings. The van der Waals surface area contributed by atoms with Gasteiger partial charge in [0, 0.05) is 12.6 Å². The average molecular weight is 331 g/mol. The highest BCUT2D eigenvalue weighted by Crippen LogP contribution is 2.53. The Balaban J connectivity index is 5.50. The Hall–Kier alpha value is -1.42. The summed E-state index contributed by atoms with van der Waals surface area (Å²) in [7, 11) is 0.534. The molecule has 0 radical (unpaired) electrons. The predicted octanol–water partition coefficient (Wildman–Crippen LogP) is 3.49. The van der Waals surface area contributed by atoms with Crippen LogP contribution in [0.2, 0.25) is 0 Å². The van der Waals surface area contributed by atoms with Gasteiger partial charge in [-0.05, 0) is 6.92 Å². The highest BCUT2D eigenvalue weighted by Gasteiger charge is 2.81. The number of carbonyl (C=O) groups excluding carboxylic acids is 1. The monoisotopic (exact) mass is 331 g/mol. The van der Waals surface area contributed by atoms with E-state index in [-0.39, 0.29) is 10.5 Å². The van der Waals surface area contributed by atoms with Crippen LogP contribution in [0.4, 0.5) is 39.5 Å². The minimum Gasteiger partial charge on any atom is -0.336 e. The summed E-state index contributed by atoms with van der Waals surface area (Å²) >= 11 is 0. The fraction of sp³-hybridized carbons (Fsp3) is 0.700. The van der Waals surface area contributed by atoms with Crippen molar-refractivity contribution in [3.63, 3.8) is 0 Å². The number of rotatable bonds is 5. The molecule has 11 heteroatoms. The summed E-state index contributed by atoms with van der Waals surface area (Å²) in [6, 6.07) is 0. The fourth-order valence-electron chi connectivity index (χ4n) is 1.20. The zero-order chi connectivity index (χ0) is 17.4. The fourth-order valence-corrected chi connectivity index (χ4v) is 1.20. The number of halogens is 9. The predicted molar refractivity (Wildman–Crippen MR) is 53.3 cm³/mol. The molecule has 0 rings (SSSR count). The van der Waals surface area contributed by atoms with Gasteiger partial charge in [0.1, 0.15) is 0 Å². The molecule has 2 nitrogen and oxygen atoms in total. The Kier molecular flexibility index (Phi) is 5.04. The van der Waals surface area contributed by atoms with Crippen molar-refractivity contribution < 1.29 is 44.3 Å². The first-order valence-corrected chi connectivity index (χ1v) is 5.10. The van der Waals surface area contributed by atoms with Crippen LogP contribution in [-0.4, -0.2) is 48.3 Å². The topological polar surface area (TPSA) is 20.3 Å². The SMILES string of the molecule is C=C(C)C(=O)N(C)CC(F)(F)C(F)(F)C(F)(F)C(F)(F)F. The Morgan fingerprint density at radius 3 is 1.62 bits per heavy atom. The van der Waals surface area contributed by atoms with E-state index in [1.807, 2.05) is 0 Å². The second-order valence-electron chi connectivity index (χ2n) is 4.29. The van der Waals surface area contributed by atoms with Crippen molar-refractivity contribution in [3.05, 3.63) is 12.2 Å². The molecule has 0 atom stereocenters. The number of alkyl halides is 9. The van der Waals surface area contributed by atoms with Crippen molar-refractivity contribution in [2.75, 3.05) is 13.6 Å². The maximum absolute atomic E-state index is 13.1. The van der Waals surface area contributed by atoms with Crippen molar-refractivity contribution in [2.24, 2.45) is 0 Å². The molecule has 0 spiro atoms. The lowest BCUT2D eigenvalue weighted by Crippen LogP contribution is -2.63. The van der Waals surface area contributed by atoms with Crippen LogP contribution in [0.15, 0.2) is 12.2 Å². The molecule has 0 saturated carbocycles. The van der Waals surface area contributed by atoms with Crippen molar-refractivity contribution in [1.29, 1.82) is 0 Å². The maximum atomic E-state index is 13.1. The van der Waals surface area contributed by atoms with Gasteiger partial charge in [-0.2, -0.15) is 39.5 Å². The van der Waals surface area contributed by atoms with E-state index in [0.717, 1.165) is 6.92 Å². The van der Waals surface area contributed by atoms with Crippen LogP contribution in [0.5, 0.6) is 0 Å². The van der Waals surface area contributed by atoms with Crippen molar-refractivity contribution in [2.45, 2.75) is 30.9 Å². The standard InChI is InChI=1S/C10H10F9NO/c1-5(2)6(21)20(3)4-7(11,12)8(13,14)9(15,16)10(17,18)19/h1,4H2,2-3H3. The van der Waals surface area contributed by atoms with E-state index in [1.165, 1.54) is 0 Å². The lowest BCUT2D eigenvalue weighted by molar-refractivity contribution is -0.396. The zero-order valence-corrected chi connectivity index (χ0v) is 10.7. The minimum atomic E-state index is -6.96. The smallest absolute Gasteiger partial charge is 0.336 e. The lowest BCUT2D eigenvalue weighted by atomic mass is 10.0. The summed E-state index contributed by atoms with van der Waals surface area (Å²) in [6.45, 7) is 1.68. The third kappa shape index (κ3) is 3.43. The van der Waals surface area contributed by atoms with Crippen LogP contribution in [0.3, 0.4) is 0 Å². The maximum Gasteiger partial charge on any atom is 0.460 e. The van der Waals surface area contributed by atoms with Gasteiger partial charge in [0.15, 0.2) is 0 Å². The van der Waals surface area contributed by atoms with E-state index < -0.39 is 36.4 Å². The summed E-state index contributed by atoms with van der Waals surface area (Å²) in [6.07, 6.45) is -6.88. The van der Waals surface area contributed by atoms with Gasteiger partial charge in [-0.25, -0.2) is 0 Å². The molecule has 0 aliphatic carbocycles.